The highest BCUT2D eigenvalue weighted by atomic mass is 79.9. The summed E-state index contributed by atoms with van der Waals surface area (Å²) >= 11 is 7.29. The molecule has 3 saturated carbocycles. The van der Waals surface area contributed by atoms with E-state index in [0.29, 0.717) is 23.2 Å². The first kappa shape index (κ1) is 71.3. The molecule has 3 aliphatic rings. The van der Waals surface area contributed by atoms with Crippen LogP contribution >= 0.6 is 31.9 Å². The van der Waals surface area contributed by atoms with Crippen molar-refractivity contribution in [3.8, 4) is 67.2 Å². The summed E-state index contributed by atoms with van der Waals surface area (Å²) in [5.74, 6) is 6.61. The minimum Gasteiger partial charge on any atom is -0.455 e. The molecule has 15 aromatic rings. The van der Waals surface area contributed by atoms with Crippen LogP contribution in [0.1, 0.15) is 171 Å². The van der Waals surface area contributed by atoms with Crippen LogP contribution in [0.5, 0.6) is 0 Å². The van der Waals surface area contributed by atoms with Gasteiger partial charge in [0.15, 0.2) is 9.34 Å². The molecule has 2 N–H and O–H groups in total. The van der Waals surface area contributed by atoms with Crippen molar-refractivity contribution in [2.45, 2.75) is 154 Å². The van der Waals surface area contributed by atoms with E-state index in [9.17, 15) is 0 Å². The summed E-state index contributed by atoms with van der Waals surface area (Å²) in [6.45, 7) is 6.92. The first-order valence-electron chi connectivity index (χ1n) is 39.2. The van der Waals surface area contributed by atoms with Crippen molar-refractivity contribution in [1.82, 2.24) is 0 Å². The van der Waals surface area contributed by atoms with E-state index in [0.717, 1.165) is 149 Å². The highest BCUT2D eigenvalue weighted by Gasteiger charge is 2.30. The molecule has 0 atom stereocenters. The Morgan fingerprint density at radius 3 is 0.840 bits per heavy atom. The predicted octanol–water partition coefficient (Wildman–Crippen LogP) is 28.8. The zero-order chi connectivity index (χ0) is 72.2. The number of rotatable bonds is 16. The Bertz CT molecular complexity index is 5160. The van der Waals surface area contributed by atoms with Crippen LogP contribution in [-0.2, 0) is 0 Å². The number of furan rings is 4. The lowest BCUT2D eigenvalue weighted by atomic mass is 9.75. The molecule has 534 valence electrons. The maximum atomic E-state index is 9.07. The Kier molecular flexibility index (Phi) is 21.7. The molecule has 0 bridgehead atoms. The normalized spacial score (nSPS) is 18.3. The van der Waals surface area contributed by atoms with E-state index < -0.39 is 7.12 Å². The largest absolute Gasteiger partial charge is 0.488 e. The summed E-state index contributed by atoms with van der Waals surface area (Å²) in [7, 11) is -1.35. The molecule has 0 amide bonds. The summed E-state index contributed by atoms with van der Waals surface area (Å²) in [4.78, 5) is 0. The van der Waals surface area contributed by atoms with Gasteiger partial charge in [-0.05, 0) is 259 Å². The van der Waals surface area contributed by atoms with E-state index in [4.69, 9.17) is 27.7 Å². The molecule has 11 aromatic carbocycles. The number of hydrogen-bond donors (Lipinski definition) is 2. The average molecular weight is 1530 g/mol. The SMILES string of the molecule is Brc1oc2ccc3c(ccc4oc(Br)c(-c5ccccc5)c43)c2c1-c1ccccc1.CCCC1CCC(c2ccc(-c3oc4ccc5c(ccc6oc(-c7ccc(C8CCC(CCC)CC8)cc7)c(-c7ccccc7)c65)c4c3-c3ccccc3)cc2)CC1.CCCC1CCC(c2ccc(B(O)O)cc2)CC1. The van der Waals surface area contributed by atoms with Gasteiger partial charge in [0.1, 0.15) is 33.9 Å². The fourth-order valence-electron chi connectivity index (χ4n) is 18.4. The Hall–Kier alpha value is -8.96. The minimum atomic E-state index is -1.35. The Balaban J connectivity index is 0.000000147. The van der Waals surface area contributed by atoms with Crippen LogP contribution in [0, 0.1) is 17.8 Å². The fourth-order valence-corrected chi connectivity index (χ4v) is 19.6. The molecule has 9 heteroatoms. The third-order valence-corrected chi connectivity index (χ3v) is 24.9. The molecule has 0 spiro atoms. The van der Waals surface area contributed by atoms with Crippen molar-refractivity contribution in [3.63, 3.8) is 0 Å². The summed E-state index contributed by atoms with van der Waals surface area (Å²) in [6, 6.07) is 86.0. The zero-order valence-corrected chi connectivity index (χ0v) is 64.3. The van der Waals surface area contributed by atoms with E-state index in [1.165, 1.54) is 143 Å². The molecule has 18 rings (SSSR count). The Labute approximate surface area is 640 Å². The number of hydrogen-bond acceptors (Lipinski definition) is 6. The van der Waals surface area contributed by atoms with Crippen LogP contribution in [0.25, 0.3) is 133 Å². The number of fused-ring (bicyclic) bond motifs is 10. The van der Waals surface area contributed by atoms with Crippen molar-refractivity contribution in [2.75, 3.05) is 0 Å². The molecule has 6 nitrogen and oxygen atoms in total. The number of halogens is 2. The molecule has 106 heavy (non-hydrogen) atoms. The van der Waals surface area contributed by atoms with Gasteiger partial charge < -0.3 is 27.7 Å². The first-order chi connectivity index (χ1) is 52.1. The van der Waals surface area contributed by atoms with Gasteiger partial charge >= 0.3 is 7.12 Å². The van der Waals surface area contributed by atoms with Gasteiger partial charge in [0.2, 0.25) is 0 Å². The van der Waals surface area contributed by atoms with E-state index in [2.05, 4.69) is 235 Å². The molecule has 4 aromatic heterocycles. The van der Waals surface area contributed by atoms with Crippen molar-refractivity contribution in [2.24, 2.45) is 17.8 Å². The van der Waals surface area contributed by atoms with Crippen molar-refractivity contribution >= 4 is 110 Å². The highest BCUT2D eigenvalue weighted by molar-refractivity contribution is 9.10. The second-order valence-electron chi connectivity index (χ2n) is 30.3. The monoisotopic (exact) mass is 1520 g/mol. The molecule has 0 saturated heterocycles. The molecular formula is C97H93BBr2O6. The van der Waals surface area contributed by atoms with Gasteiger partial charge in [0, 0.05) is 54.9 Å². The maximum Gasteiger partial charge on any atom is 0.488 e. The third-order valence-electron chi connectivity index (χ3n) is 23.8. The van der Waals surface area contributed by atoms with Crippen LogP contribution < -0.4 is 5.46 Å². The van der Waals surface area contributed by atoms with Crippen molar-refractivity contribution in [3.05, 3.63) is 269 Å². The lowest BCUT2D eigenvalue weighted by molar-refractivity contribution is 0.308. The van der Waals surface area contributed by atoms with Crippen LogP contribution in [-0.4, -0.2) is 17.2 Å². The molecule has 0 aliphatic heterocycles. The van der Waals surface area contributed by atoms with Gasteiger partial charge in [-0.2, -0.15) is 0 Å². The first-order valence-corrected chi connectivity index (χ1v) is 40.8. The molecule has 3 aliphatic carbocycles. The van der Waals surface area contributed by atoms with Crippen LogP contribution in [0.3, 0.4) is 0 Å². The molecular weight excluding hydrogens is 1430 g/mol. The van der Waals surface area contributed by atoms with E-state index in [-0.39, 0.29) is 0 Å². The number of benzene rings is 11. The topological polar surface area (TPSA) is 93.0 Å². The molecule has 4 heterocycles. The summed E-state index contributed by atoms with van der Waals surface area (Å²) in [5.41, 5.74) is 19.7. The Morgan fingerprint density at radius 1 is 0.292 bits per heavy atom. The molecule has 0 unspecified atom stereocenters. The Morgan fingerprint density at radius 2 is 0.557 bits per heavy atom. The van der Waals surface area contributed by atoms with Gasteiger partial charge in [0.05, 0.1) is 0 Å². The lowest BCUT2D eigenvalue weighted by Gasteiger charge is -2.28. The maximum absolute atomic E-state index is 9.07. The van der Waals surface area contributed by atoms with Crippen LogP contribution in [0.15, 0.2) is 270 Å². The van der Waals surface area contributed by atoms with E-state index in [1.54, 1.807) is 0 Å². The highest BCUT2D eigenvalue weighted by Crippen LogP contribution is 2.52. The van der Waals surface area contributed by atoms with Gasteiger partial charge in [-0.15, -0.1) is 0 Å². The molecule has 0 radical (unpaired) electrons. The van der Waals surface area contributed by atoms with Gasteiger partial charge in [-0.1, -0.05) is 253 Å². The summed E-state index contributed by atoms with van der Waals surface area (Å²) in [5, 5.41) is 27.3. The fraction of sp³-hybridized carbons (Fsp3) is 0.278. The summed E-state index contributed by atoms with van der Waals surface area (Å²) < 4.78 is 27.5. The standard InChI is InChI=1S/C56H56O2.C26H14Br2O2.C15H23BO2/c1-3-11-37-17-21-39(22-18-37)41-25-29-45(30-26-41)55-51(43-13-7-5-8-14-43)53-47-34-36-50-54(48(47)33-35-49(53)57-55)52(44-15-9-6-10-16-44)56(58-50)46-31-27-42(28-32-46)40-23-19-38(12-4-2)20-24-40;27-25-21(15-7-3-1-4-8-15)23-17-11-14-20-24(18(17)12-13-19(23)29-25)22(26(28)30-20)16-9-5-2-6-10-16;1-2-3-12-4-6-13(7-5-12)14-8-10-15(11-9-14)16(17)18/h5-10,13-16,25-40H,3-4,11-12,17-24H2,1-2H3;1-14H;8-13,17-18H,2-7H2,1H3. The van der Waals surface area contributed by atoms with Crippen LogP contribution in [0.2, 0.25) is 0 Å². The average Bonchev–Trinajstić information content (AvgIpc) is 1.55. The van der Waals surface area contributed by atoms with Crippen LogP contribution in [0.4, 0.5) is 0 Å². The van der Waals surface area contributed by atoms with Gasteiger partial charge in [0.25, 0.3) is 0 Å². The minimum absolute atomic E-state index is 0.582. The predicted molar refractivity (Wildman–Crippen MR) is 450 cm³/mol. The molecule has 3 fully saturated rings. The van der Waals surface area contributed by atoms with E-state index >= 15 is 0 Å². The van der Waals surface area contributed by atoms with Crippen molar-refractivity contribution in [1.29, 1.82) is 0 Å². The second kappa shape index (κ2) is 32.2. The third kappa shape index (κ3) is 14.6. The lowest BCUT2D eigenvalue weighted by Crippen LogP contribution is -2.29. The summed E-state index contributed by atoms with van der Waals surface area (Å²) in [6.07, 6.45) is 24.0. The second-order valence-corrected chi connectivity index (χ2v) is 31.8. The van der Waals surface area contributed by atoms with Gasteiger partial charge in [-0.25, -0.2) is 0 Å². The zero-order valence-electron chi connectivity index (χ0n) is 61.1. The van der Waals surface area contributed by atoms with Crippen molar-refractivity contribution < 1.29 is 27.7 Å². The van der Waals surface area contributed by atoms with Gasteiger partial charge in [-0.3, -0.25) is 0 Å². The smallest absolute Gasteiger partial charge is 0.455 e. The quantitative estimate of drug-likeness (QED) is 0.0937. The van der Waals surface area contributed by atoms with E-state index in [1.807, 2.05) is 60.7 Å².